The molecule has 1 saturated heterocycles. The Hall–Kier alpha value is -0.511. The van der Waals surface area contributed by atoms with Gasteiger partial charge in [-0.3, -0.25) is 0 Å². The van der Waals surface area contributed by atoms with Crippen molar-refractivity contribution in [3.8, 4) is 11.3 Å². The van der Waals surface area contributed by atoms with E-state index in [1.54, 1.807) is 6.07 Å². The van der Waals surface area contributed by atoms with Crippen molar-refractivity contribution < 1.29 is 4.52 Å². The molecule has 0 N–H and O–H groups in total. The van der Waals surface area contributed by atoms with Gasteiger partial charge in [0.15, 0.2) is 0 Å². The van der Waals surface area contributed by atoms with E-state index < -0.39 is 0 Å². The van der Waals surface area contributed by atoms with Crippen LogP contribution in [0.1, 0.15) is 5.76 Å². The molecule has 6 heteroatoms. The zero-order chi connectivity index (χ0) is 13.2. The van der Waals surface area contributed by atoms with Crippen LogP contribution in [0.3, 0.4) is 0 Å². The van der Waals surface area contributed by atoms with Crippen LogP contribution in [0.5, 0.6) is 0 Å². The molecule has 0 saturated carbocycles. The van der Waals surface area contributed by atoms with E-state index in [0.717, 1.165) is 38.5 Å². The summed E-state index contributed by atoms with van der Waals surface area (Å²) in [5, 5.41) is 6.52. The molecule has 0 radical (unpaired) electrons. The minimum absolute atomic E-state index is 0.533. The van der Waals surface area contributed by atoms with Gasteiger partial charge >= 0.3 is 128 Å². The summed E-state index contributed by atoms with van der Waals surface area (Å²) in [5.41, 5.74) is 2.93. The molecule has 3 rings (SSSR count). The summed E-state index contributed by atoms with van der Waals surface area (Å²) >= 11 is 12.7. The molecule has 19 heavy (non-hydrogen) atoms. The average Bonchev–Trinajstić information content (AvgIpc) is 3.05. The molecule has 0 amide bonds. The van der Waals surface area contributed by atoms with Crippen molar-refractivity contribution in [3.63, 3.8) is 0 Å². The Morgan fingerprint density at radius 3 is 2.89 bits per heavy atom. The third-order valence-corrected chi connectivity index (χ3v) is 5.86. The number of hydrogen-bond acceptors (Lipinski definition) is 3. The van der Waals surface area contributed by atoms with Crippen molar-refractivity contribution in [2.45, 2.75) is 11.9 Å². The molecule has 2 aromatic rings. The summed E-state index contributed by atoms with van der Waals surface area (Å²) in [6.45, 7) is 2.01. The molecule has 0 unspecified atom stereocenters. The molecule has 1 fully saturated rings. The van der Waals surface area contributed by atoms with E-state index in [9.17, 15) is 0 Å². The molecule has 0 bridgehead atoms. The number of aromatic nitrogens is 1. The second-order valence-corrected chi connectivity index (χ2v) is 7.47. The van der Waals surface area contributed by atoms with E-state index in [2.05, 4.69) is 10.1 Å². The van der Waals surface area contributed by atoms with Crippen LogP contribution in [0.2, 0.25) is 15.4 Å². The van der Waals surface area contributed by atoms with Crippen LogP contribution in [-0.4, -0.2) is 37.0 Å². The van der Waals surface area contributed by atoms with Crippen LogP contribution in [-0.2, 0) is 6.54 Å². The molecule has 1 aromatic carbocycles. The molecule has 0 spiro atoms. The van der Waals surface area contributed by atoms with Crippen LogP contribution in [0.4, 0.5) is 0 Å². The van der Waals surface area contributed by atoms with Crippen molar-refractivity contribution in [3.05, 3.63) is 40.1 Å². The standard InChI is InChI=1S/C13H12Cl2N2OSe/c14-11-2-1-9(5-12(11)15)13-6-10(18-16-13)7-17-3-4-19-8-17/h1-2,5-6H,3-4,7-8H2. The van der Waals surface area contributed by atoms with Crippen LogP contribution in [0.25, 0.3) is 11.3 Å². The van der Waals surface area contributed by atoms with Gasteiger partial charge in [-0.25, -0.2) is 0 Å². The summed E-state index contributed by atoms with van der Waals surface area (Å²) in [6.07, 6.45) is 0. The molecule has 2 heterocycles. The zero-order valence-corrected chi connectivity index (χ0v) is 13.3. The average molecular weight is 362 g/mol. The van der Waals surface area contributed by atoms with Crippen LogP contribution < -0.4 is 0 Å². The second kappa shape index (κ2) is 5.86. The topological polar surface area (TPSA) is 29.3 Å². The number of nitrogens with zero attached hydrogens (tertiary/aromatic N) is 2. The predicted octanol–water partition coefficient (Wildman–Crippen LogP) is 3.54. The molecule has 3 nitrogen and oxygen atoms in total. The maximum atomic E-state index is 6.01. The first-order valence-electron chi connectivity index (χ1n) is 5.93. The Balaban J connectivity index is 1.78. The molecule has 0 atom stereocenters. The Labute approximate surface area is 128 Å². The minimum atomic E-state index is 0.533. The molecular formula is C13H12Cl2N2OSe. The van der Waals surface area contributed by atoms with Crippen molar-refractivity contribution in [2.24, 2.45) is 0 Å². The van der Waals surface area contributed by atoms with E-state index in [-0.39, 0.29) is 0 Å². The van der Waals surface area contributed by atoms with Gasteiger partial charge in [-0.2, -0.15) is 0 Å². The molecule has 100 valence electrons. The molecule has 1 aromatic heterocycles. The normalized spacial score (nSPS) is 16.1. The van der Waals surface area contributed by atoms with E-state index >= 15 is 0 Å². The summed E-state index contributed by atoms with van der Waals surface area (Å²) in [6, 6.07) is 7.46. The van der Waals surface area contributed by atoms with Crippen LogP contribution in [0.15, 0.2) is 28.8 Å². The molecule has 1 aliphatic rings. The molecule has 1 aliphatic heterocycles. The van der Waals surface area contributed by atoms with E-state index in [4.69, 9.17) is 27.7 Å². The summed E-state index contributed by atoms with van der Waals surface area (Å²) < 4.78 is 5.39. The van der Waals surface area contributed by atoms with Crippen molar-refractivity contribution >= 4 is 38.2 Å². The van der Waals surface area contributed by atoms with Gasteiger partial charge < -0.3 is 0 Å². The monoisotopic (exact) mass is 362 g/mol. The van der Waals surface area contributed by atoms with Gasteiger partial charge in [0, 0.05) is 0 Å². The van der Waals surface area contributed by atoms with Crippen LogP contribution in [0, 0.1) is 0 Å². The first-order valence-corrected chi connectivity index (χ1v) is 9.11. The Morgan fingerprint density at radius 1 is 1.26 bits per heavy atom. The fourth-order valence-corrected chi connectivity index (χ4v) is 4.36. The fraction of sp³-hybridized carbons (Fsp3) is 0.308. The van der Waals surface area contributed by atoms with Gasteiger partial charge in [-0.1, -0.05) is 0 Å². The predicted molar refractivity (Wildman–Crippen MR) is 77.8 cm³/mol. The third kappa shape index (κ3) is 3.15. The van der Waals surface area contributed by atoms with Gasteiger partial charge in [0.1, 0.15) is 0 Å². The Bertz CT molecular complexity index is 582. The van der Waals surface area contributed by atoms with Crippen LogP contribution >= 0.6 is 23.2 Å². The summed E-state index contributed by atoms with van der Waals surface area (Å²) in [4.78, 5) is 2.40. The molecular weight excluding hydrogens is 350 g/mol. The third-order valence-electron chi connectivity index (χ3n) is 2.98. The quantitative estimate of drug-likeness (QED) is 0.783. The van der Waals surface area contributed by atoms with E-state index in [0.29, 0.717) is 10.0 Å². The van der Waals surface area contributed by atoms with Gasteiger partial charge in [-0.15, -0.1) is 0 Å². The summed E-state index contributed by atoms with van der Waals surface area (Å²) in [7, 11) is 0. The second-order valence-electron chi connectivity index (χ2n) is 4.40. The van der Waals surface area contributed by atoms with Gasteiger partial charge in [-0.05, 0) is 0 Å². The zero-order valence-electron chi connectivity index (χ0n) is 10.1. The number of hydrogen-bond donors (Lipinski definition) is 0. The fourth-order valence-electron chi connectivity index (χ4n) is 1.98. The van der Waals surface area contributed by atoms with Crippen molar-refractivity contribution in [1.29, 1.82) is 0 Å². The SMILES string of the molecule is Clc1ccc(-c2cc(CN3CC[Se]C3)on2)cc1Cl. The number of rotatable bonds is 3. The van der Waals surface area contributed by atoms with Crippen molar-refractivity contribution in [2.75, 3.05) is 12.0 Å². The van der Waals surface area contributed by atoms with Gasteiger partial charge in [0.25, 0.3) is 0 Å². The first-order chi connectivity index (χ1) is 9.22. The summed E-state index contributed by atoms with van der Waals surface area (Å²) in [5.74, 6) is 0.902. The Morgan fingerprint density at radius 2 is 2.16 bits per heavy atom. The number of halogens is 2. The van der Waals surface area contributed by atoms with Gasteiger partial charge in [0.2, 0.25) is 0 Å². The Kier molecular flexibility index (Phi) is 4.15. The number of benzene rings is 1. The van der Waals surface area contributed by atoms with Crippen molar-refractivity contribution in [1.82, 2.24) is 10.1 Å². The first kappa shape index (κ1) is 13.5. The van der Waals surface area contributed by atoms with E-state index in [1.807, 2.05) is 18.2 Å². The van der Waals surface area contributed by atoms with E-state index in [1.165, 1.54) is 17.3 Å². The molecule has 0 aliphatic carbocycles. The maximum absolute atomic E-state index is 6.01. The van der Waals surface area contributed by atoms with Gasteiger partial charge in [0.05, 0.1) is 0 Å².